The van der Waals surface area contributed by atoms with E-state index in [4.69, 9.17) is 4.52 Å². The molecule has 0 fully saturated rings. The highest BCUT2D eigenvalue weighted by Gasteiger charge is 2.22. The summed E-state index contributed by atoms with van der Waals surface area (Å²) < 4.78 is 19.4. The Hall–Kier alpha value is -2.76. The third-order valence-electron chi connectivity index (χ3n) is 3.94. The minimum atomic E-state index is -0.429. The lowest BCUT2D eigenvalue weighted by molar-refractivity contribution is 0.0940. The molecule has 0 radical (unpaired) electrons. The first-order valence-corrected chi connectivity index (χ1v) is 7.84. The molecule has 24 heavy (non-hydrogen) atoms. The van der Waals surface area contributed by atoms with Gasteiger partial charge in [0.25, 0.3) is 11.6 Å². The van der Waals surface area contributed by atoms with Crippen molar-refractivity contribution in [3.63, 3.8) is 0 Å². The number of nitrogens with one attached hydrogen (secondary N) is 1. The summed E-state index contributed by atoms with van der Waals surface area (Å²) in [4.78, 5) is 16.9. The Kier molecular flexibility index (Phi) is 4.29. The lowest BCUT2D eigenvalue weighted by atomic mass is 10.0. The highest BCUT2D eigenvalue weighted by atomic mass is 19.1. The van der Waals surface area contributed by atoms with Gasteiger partial charge in [0.15, 0.2) is 0 Å². The molecule has 0 saturated heterocycles. The molecule has 124 valence electrons. The number of amides is 1. The smallest absolute Gasteiger partial charge is 0.259 e. The number of carbonyl (C=O) groups is 1. The number of fused-ring (bicyclic) bond motifs is 1. The van der Waals surface area contributed by atoms with Gasteiger partial charge in [-0.05, 0) is 38.5 Å². The molecule has 1 atom stereocenters. The molecular formula is C18H18FN3O2. The molecule has 0 spiro atoms. The number of carbonyl (C=O) groups excluding carboxylic acids is 1. The van der Waals surface area contributed by atoms with Crippen molar-refractivity contribution >= 4 is 17.0 Å². The zero-order chi connectivity index (χ0) is 17.3. The zero-order valence-electron chi connectivity index (χ0n) is 13.8. The Morgan fingerprint density at radius 1 is 1.38 bits per heavy atom. The number of aryl methyl sites for hydroxylation is 1. The van der Waals surface area contributed by atoms with E-state index in [1.54, 1.807) is 31.2 Å². The van der Waals surface area contributed by atoms with Crippen LogP contribution in [0, 0.1) is 12.7 Å². The molecule has 1 amide bonds. The van der Waals surface area contributed by atoms with Gasteiger partial charge in [-0.1, -0.05) is 24.2 Å². The molecule has 1 aromatic carbocycles. The Labute approximate surface area is 138 Å². The Morgan fingerprint density at radius 2 is 2.12 bits per heavy atom. The summed E-state index contributed by atoms with van der Waals surface area (Å²) in [6.45, 7) is 5.68. The SMILES string of the molecule is CC[C@@H](C)NC(=O)c1cc(C)nc2onc(-c3ccccc3F)c12. The molecule has 0 aliphatic heterocycles. The summed E-state index contributed by atoms with van der Waals surface area (Å²) in [7, 11) is 0. The maximum Gasteiger partial charge on any atom is 0.259 e. The molecule has 2 heterocycles. The number of aromatic nitrogens is 2. The van der Waals surface area contributed by atoms with Gasteiger partial charge in [-0.3, -0.25) is 4.79 Å². The summed E-state index contributed by atoms with van der Waals surface area (Å²) in [5.74, 6) is -0.679. The number of nitrogens with zero attached hydrogens (tertiary/aromatic N) is 2. The summed E-state index contributed by atoms with van der Waals surface area (Å²) in [5, 5.41) is 7.29. The van der Waals surface area contributed by atoms with E-state index in [0.29, 0.717) is 16.6 Å². The average molecular weight is 327 g/mol. The number of hydrogen-bond donors (Lipinski definition) is 1. The first-order valence-electron chi connectivity index (χ1n) is 7.84. The topological polar surface area (TPSA) is 68.0 Å². The minimum absolute atomic E-state index is 0.0257. The summed E-state index contributed by atoms with van der Waals surface area (Å²) in [6, 6.07) is 7.94. The molecule has 0 saturated carbocycles. The number of hydrogen-bond acceptors (Lipinski definition) is 4. The first kappa shape index (κ1) is 16.1. The molecular weight excluding hydrogens is 309 g/mol. The molecule has 2 aromatic heterocycles. The van der Waals surface area contributed by atoms with Crippen LogP contribution in [0.5, 0.6) is 0 Å². The number of benzene rings is 1. The fraction of sp³-hybridized carbons (Fsp3) is 0.278. The van der Waals surface area contributed by atoms with Gasteiger partial charge in [-0.2, -0.15) is 0 Å². The predicted octanol–water partition coefficient (Wildman–Crippen LogP) is 3.87. The van der Waals surface area contributed by atoms with Crippen LogP contribution in [-0.4, -0.2) is 22.1 Å². The van der Waals surface area contributed by atoms with Crippen molar-refractivity contribution in [3.05, 3.63) is 47.4 Å². The van der Waals surface area contributed by atoms with Crippen molar-refractivity contribution in [1.82, 2.24) is 15.5 Å². The maximum atomic E-state index is 14.2. The molecule has 0 aliphatic rings. The Bertz CT molecular complexity index is 904. The first-order chi connectivity index (χ1) is 11.5. The van der Waals surface area contributed by atoms with Gasteiger partial charge in [0, 0.05) is 17.3 Å². The van der Waals surface area contributed by atoms with E-state index in [-0.39, 0.29) is 28.9 Å². The summed E-state index contributed by atoms with van der Waals surface area (Å²) >= 11 is 0. The van der Waals surface area contributed by atoms with E-state index < -0.39 is 5.82 Å². The summed E-state index contributed by atoms with van der Waals surface area (Å²) in [6.07, 6.45) is 0.808. The highest BCUT2D eigenvalue weighted by molar-refractivity contribution is 6.09. The van der Waals surface area contributed by atoms with E-state index in [1.807, 2.05) is 13.8 Å². The van der Waals surface area contributed by atoms with Crippen LogP contribution in [0.3, 0.4) is 0 Å². The minimum Gasteiger partial charge on any atom is -0.350 e. The number of pyridine rings is 1. The van der Waals surface area contributed by atoms with Crippen molar-refractivity contribution in [2.45, 2.75) is 33.2 Å². The fourth-order valence-corrected chi connectivity index (χ4v) is 2.49. The molecule has 5 nitrogen and oxygen atoms in total. The van der Waals surface area contributed by atoms with Crippen LogP contribution in [0.2, 0.25) is 0 Å². The monoisotopic (exact) mass is 327 g/mol. The van der Waals surface area contributed by atoms with Gasteiger partial charge < -0.3 is 9.84 Å². The maximum absolute atomic E-state index is 14.2. The van der Waals surface area contributed by atoms with E-state index in [2.05, 4.69) is 15.5 Å². The van der Waals surface area contributed by atoms with Crippen LogP contribution in [-0.2, 0) is 0 Å². The van der Waals surface area contributed by atoms with Gasteiger partial charge in [0.05, 0.1) is 10.9 Å². The van der Waals surface area contributed by atoms with Crippen LogP contribution >= 0.6 is 0 Å². The Morgan fingerprint density at radius 3 is 2.83 bits per heavy atom. The molecule has 3 aromatic rings. The molecule has 1 N–H and O–H groups in total. The van der Waals surface area contributed by atoms with Gasteiger partial charge in [0.2, 0.25) is 0 Å². The number of halogens is 1. The summed E-state index contributed by atoms with van der Waals surface area (Å²) in [5.41, 5.74) is 1.80. The van der Waals surface area contributed by atoms with Crippen LogP contribution < -0.4 is 5.32 Å². The normalized spacial score (nSPS) is 12.3. The van der Waals surface area contributed by atoms with Crippen LogP contribution in [0.1, 0.15) is 36.3 Å². The predicted molar refractivity (Wildman–Crippen MR) is 89.2 cm³/mol. The van der Waals surface area contributed by atoms with Crippen LogP contribution in [0.4, 0.5) is 4.39 Å². The Balaban J connectivity index is 2.20. The van der Waals surface area contributed by atoms with Crippen molar-refractivity contribution in [1.29, 1.82) is 0 Å². The molecule has 0 bridgehead atoms. The lowest BCUT2D eigenvalue weighted by Crippen LogP contribution is -2.32. The average Bonchev–Trinajstić information content (AvgIpc) is 2.97. The molecule has 6 heteroatoms. The molecule has 0 aliphatic carbocycles. The number of rotatable bonds is 4. The van der Waals surface area contributed by atoms with Gasteiger partial charge in [0.1, 0.15) is 11.5 Å². The lowest BCUT2D eigenvalue weighted by Gasteiger charge is -2.12. The van der Waals surface area contributed by atoms with Gasteiger partial charge >= 0.3 is 0 Å². The van der Waals surface area contributed by atoms with Gasteiger partial charge in [-0.15, -0.1) is 0 Å². The third kappa shape index (κ3) is 2.87. The second kappa shape index (κ2) is 6.39. The van der Waals surface area contributed by atoms with E-state index >= 15 is 0 Å². The largest absolute Gasteiger partial charge is 0.350 e. The highest BCUT2D eigenvalue weighted by Crippen LogP contribution is 2.31. The molecule has 3 rings (SSSR count). The van der Waals surface area contributed by atoms with Crippen molar-refractivity contribution in [3.8, 4) is 11.3 Å². The standard InChI is InChI=1S/C18H18FN3O2/c1-4-10(2)20-17(23)13-9-11(3)21-18-15(13)16(22-24-18)12-7-5-6-8-14(12)19/h5-10H,4H2,1-3H3,(H,20,23)/t10-/m1/s1. The van der Waals surface area contributed by atoms with E-state index in [0.717, 1.165) is 6.42 Å². The molecule has 0 unspecified atom stereocenters. The zero-order valence-corrected chi connectivity index (χ0v) is 13.8. The van der Waals surface area contributed by atoms with Crippen LogP contribution in [0.25, 0.3) is 22.4 Å². The third-order valence-corrected chi connectivity index (χ3v) is 3.94. The van der Waals surface area contributed by atoms with Crippen molar-refractivity contribution in [2.75, 3.05) is 0 Å². The van der Waals surface area contributed by atoms with E-state index in [1.165, 1.54) is 6.07 Å². The van der Waals surface area contributed by atoms with Crippen LogP contribution in [0.15, 0.2) is 34.9 Å². The second-order valence-electron chi connectivity index (χ2n) is 5.79. The van der Waals surface area contributed by atoms with Crippen molar-refractivity contribution < 1.29 is 13.7 Å². The quantitative estimate of drug-likeness (QED) is 0.790. The second-order valence-corrected chi connectivity index (χ2v) is 5.79. The van der Waals surface area contributed by atoms with Gasteiger partial charge in [-0.25, -0.2) is 9.37 Å². The van der Waals surface area contributed by atoms with Crippen molar-refractivity contribution in [2.24, 2.45) is 0 Å². The fourth-order valence-electron chi connectivity index (χ4n) is 2.49. The van der Waals surface area contributed by atoms with E-state index in [9.17, 15) is 9.18 Å².